The molecule has 0 saturated carbocycles. The van der Waals surface area contributed by atoms with Gasteiger partial charge in [0.2, 0.25) is 0 Å². The van der Waals surface area contributed by atoms with Gasteiger partial charge in [0, 0.05) is 24.8 Å². The van der Waals surface area contributed by atoms with Gasteiger partial charge in [-0.2, -0.15) is 0 Å². The minimum atomic E-state index is -0.103. The molecule has 4 rings (SSSR count). The lowest BCUT2D eigenvalue weighted by Crippen LogP contribution is -2.20. The summed E-state index contributed by atoms with van der Waals surface area (Å²) in [5.74, 6) is 0.756. The molecule has 24 heavy (non-hydrogen) atoms. The molecule has 5 heteroatoms. The van der Waals surface area contributed by atoms with Crippen LogP contribution in [0, 0.1) is 5.92 Å². The van der Waals surface area contributed by atoms with Crippen molar-refractivity contribution in [3.63, 3.8) is 0 Å². The summed E-state index contributed by atoms with van der Waals surface area (Å²) in [6.45, 7) is 3.11. The minimum absolute atomic E-state index is 0.103. The van der Waals surface area contributed by atoms with Gasteiger partial charge < -0.3 is 9.97 Å². The van der Waals surface area contributed by atoms with Crippen LogP contribution in [-0.4, -0.2) is 32.9 Å². The monoisotopic (exact) mass is 322 g/mol. The molecule has 2 N–H and O–H groups in total. The number of H-pyrrole nitrogens is 2. The van der Waals surface area contributed by atoms with Crippen molar-refractivity contribution in [1.29, 1.82) is 0 Å². The van der Waals surface area contributed by atoms with E-state index in [0.717, 1.165) is 43.1 Å². The molecule has 0 amide bonds. The summed E-state index contributed by atoms with van der Waals surface area (Å²) in [6, 6.07) is 10.7. The van der Waals surface area contributed by atoms with Gasteiger partial charge in [0.1, 0.15) is 5.52 Å². The summed E-state index contributed by atoms with van der Waals surface area (Å²) in [5, 5.41) is 0. The van der Waals surface area contributed by atoms with Crippen molar-refractivity contribution in [2.45, 2.75) is 25.8 Å². The zero-order valence-corrected chi connectivity index (χ0v) is 13.7. The van der Waals surface area contributed by atoms with E-state index in [-0.39, 0.29) is 5.56 Å². The smallest absolute Gasteiger partial charge is 0.275 e. The number of rotatable bonds is 5. The summed E-state index contributed by atoms with van der Waals surface area (Å²) < 4.78 is 0. The van der Waals surface area contributed by atoms with Gasteiger partial charge in [0.25, 0.3) is 5.56 Å². The average molecular weight is 322 g/mol. The van der Waals surface area contributed by atoms with Gasteiger partial charge in [-0.3, -0.25) is 9.69 Å². The van der Waals surface area contributed by atoms with Crippen LogP contribution in [0.4, 0.5) is 0 Å². The van der Waals surface area contributed by atoms with E-state index in [1.54, 1.807) is 0 Å². The highest BCUT2D eigenvalue weighted by Gasteiger charge is 2.23. The first-order chi connectivity index (χ1) is 11.8. The third kappa shape index (κ3) is 3.12. The second kappa shape index (κ2) is 6.61. The molecule has 2 aromatic heterocycles. The fourth-order valence-electron chi connectivity index (χ4n) is 3.67. The third-order valence-electron chi connectivity index (χ3n) is 5.00. The lowest BCUT2D eigenvalue weighted by atomic mass is 9.99. The van der Waals surface area contributed by atoms with E-state index < -0.39 is 0 Å². The Balaban J connectivity index is 1.36. The van der Waals surface area contributed by atoms with E-state index in [1.807, 2.05) is 6.20 Å². The van der Waals surface area contributed by atoms with Gasteiger partial charge in [-0.1, -0.05) is 30.3 Å². The van der Waals surface area contributed by atoms with Gasteiger partial charge in [-0.15, -0.1) is 0 Å². The summed E-state index contributed by atoms with van der Waals surface area (Å²) in [5.41, 5.74) is 3.81. The van der Waals surface area contributed by atoms with Crippen LogP contribution in [-0.2, 0) is 13.0 Å². The van der Waals surface area contributed by atoms with Crippen molar-refractivity contribution in [1.82, 2.24) is 19.9 Å². The molecule has 0 aliphatic carbocycles. The summed E-state index contributed by atoms with van der Waals surface area (Å²) in [7, 11) is 0. The second-order valence-corrected chi connectivity index (χ2v) is 6.68. The molecule has 124 valence electrons. The molecule has 0 spiro atoms. The molecule has 1 saturated heterocycles. The van der Waals surface area contributed by atoms with E-state index in [9.17, 15) is 4.79 Å². The highest BCUT2D eigenvalue weighted by Crippen LogP contribution is 2.24. The largest absolute Gasteiger partial charge is 0.355 e. The van der Waals surface area contributed by atoms with Crippen LogP contribution in [0.2, 0.25) is 0 Å². The van der Waals surface area contributed by atoms with Crippen molar-refractivity contribution < 1.29 is 0 Å². The molecular formula is C19H22N4O. The molecule has 5 nitrogen and oxygen atoms in total. The zero-order chi connectivity index (χ0) is 16.4. The quantitative estimate of drug-likeness (QED) is 0.759. The van der Waals surface area contributed by atoms with Crippen LogP contribution < -0.4 is 5.56 Å². The van der Waals surface area contributed by atoms with E-state index >= 15 is 0 Å². The number of aromatic amines is 2. The number of benzene rings is 1. The molecule has 3 heterocycles. The number of hydrogen-bond donors (Lipinski definition) is 2. The summed E-state index contributed by atoms with van der Waals surface area (Å²) in [4.78, 5) is 24.2. The highest BCUT2D eigenvalue weighted by molar-refractivity contribution is 5.77. The molecule has 1 atom stereocenters. The van der Waals surface area contributed by atoms with E-state index in [4.69, 9.17) is 0 Å². The lowest BCUT2D eigenvalue weighted by Gasteiger charge is -2.15. The zero-order valence-electron chi connectivity index (χ0n) is 13.7. The van der Waals surface area contributed by atoms with Crippen molar-refractivity contribution in [3.05, 3.63) is 64.3 Å². The molecular weight excluding hydrogens is 300 g/mol. The predicted molar refractivity (Wildman–Crippen MR) is 94.9 cm³/mol. The fraction of sp³-hybridized carbons (Fsp3) is 0.368. The number of aryl methyl sites for hydroxylation is 1. The van der Waals surface area contributed by atoms with Gasteiger partial charge >= 0.3 is 0 Å². The maximum atomic E-state index is 11.8. The van der Waals surface area contributed by atoms with Crippen LogP contribution in [0.3, 0.4) is 0 Å². The van der Waals surface area contributed by atoms with Gasteiger partial charge in [0.05, 0.1) is 11.8 Å². The van der Waals surface area contributed by atoms with Crippen molar-refractivity contribution in [3.8, 4) is 0 Å². The first kappa shape index (κ1) is 15.1. The molecule has 0 bridgehead atoms. The number of fused-ring (bicyclic) bond motifs is 1. The number of hydrogen-bond acceptors (Lipinski definition) is 3. The van der Waals surface area contributed by atoms with Crippen LogP contribution in [0.1, 0.15) is 24.0 Å². The Hall–Kier alpha value is -2.40. The summed E-state index contributed by atoms with van der Waals surface area (Å²) >= 11 is 0. The third-order valence-corrected chi connectivity index (χ3v) is 5.00. The second-order valence-electron chi connectivity index (χ2n) is 6.68. The molecule has 1 unspecified atom stereocenters. The fourth-order valence-corrected chi connectivity index (χ4v) is 3.67. The Morgan fingerprint density at radius 3 is 2.96 bits per heavy atom. The minimum Gasteiger partial charge on any atom is -0.355 e. The topological polar surface area (TPSA) is 64.8 Å². The first-order valence-corrected chi connectivity index (χ1v) is 8.59. The van der Waals surface area contributed by atoms with Crippen molar-refractivity contribution in [2.75, 3.05) is 13.1 Å². The molecule has 1 aromatic carbocycles. The Morgan fingerprint density at radius 1 is 1.21 bits per heavy atom. The summed E-state index contributed by atoms with van der Waals surface area (Å²) in [6.07, 6.45) is 7.05. The molecule has 1 fully saturated rings. The maximum absolute atomic E-state index is 11.8. The maximum Gasteiger partial charge on any atom is 0.275 e. The Morgan fingerprint density at radius 2 is 2.08 bits per heavy atom. The van der Waals surface area contributed by atoms with Gasteiger partial charge in [0.15, 0.2) is 0 Å². The number of nitrogens with one attached hydrogen (secondary N) is 2. The SMILES string of the molecule is O=c1[nH]cnc2c(CN3CCC(CCc4ccccc4)C3)c[nH]c12. The molecule has 0 radical (unpaired) electrons. The Bertz CT molecular complexity index is 868. The van der Waals surface area contributed by atoms with Gasteiger partial charge in [-0.25, -0.2) is 4.98 Å². The Kier molecular flexibility index (Phi) is 4.17. The highest BCUT2D eigenvalue weighted by atomic mass is 16.1. The normalized spacial score (nSPS) is 18.4. The Labute approximate surface area is 140 Å². The van der Waals surface area contributed by atoms with Crippen LogP contribution in [0.5, 0.6) is 0 Å². The van der Waals surface area contributed by atoms with Crippen molar-refractivity contribution >= 4 is 11.0 Å². The van der Waals surface area contributed by atoms with E-state index in [2.05, 4.69) is 50.2 Å². The van der Waals surface area contributed by atoms with Gasteiger partial charge in [-0.05, 0) is 37.3 Å². The van der Waals surface area contributed by atoms with Crippen molar-refractivity contribution in [2.24, 2.45) is 5.92 Å². The molecule has 1 aliphatic rings. The van der Waals surface area contributed by atoms with E-state index in [1.165, 1.54) is 24.7 Å². The lowest BCUT2D eigenvalue weighted by molar-refractivity contribution is 0.314. The molecule has 1 aliphatic heterocycles. The standard InChI is InChI=1S/C19H22N4O/c24-19-18-17(21-13-22-19)16(10-20-18)12-23-9-8-15(11-23)7-6-14-4-2-1-3-5-14/h1-5,10,13,15,20H,6-9,11-12H2,(H,21,22,24). The number of nitrogens with zero attached hydrogens (tertiary/aromatic N) is 2. The van der Waals surface area contributed by atoms with Crippen LogP contribution in [0.15, 0.2) is 47.7 Å². The number of likely N-dealkylation sites (tertiary alicyclic amines) is 1. The predicted octanol–water partition coefficient (Wildman–Crippen LogP) is 2.71. The van der Waals surface area contributed by atoms with E-state index in [0.29, 0.717) is 5.52 Å². The first-order valence-electron chi connectivity index (χ1n) is 8.59. The van der Waals surface area contributed by atoms with Crippen LogP contribution >= 0.6 is 0 Å². The molecule has 3 aromatic rings. The number of aromatic nitrogens is 3. The average Bonchev–Trinajstić information content (AvgIpc) is 3.23. The van der Waals surface area contributed by atoms with Crippen LogP contribution in [0.25, 0.3) is 11.0 Å².